The third-order valence-electron chi connectivity index (χ3n) is 4.43. The number of esters is 1. The number of nitrogens with zero attached hydrogens (tertiary/aromatic N) is 1. The minimum atomic E-state index is -0.851. The van der Waals surface area contributed by atoms with Crippen molar-refractivity contribution < 1.29 is 29.0 Å². The summed E-state index contributed by atoms with van der Waals surface area (Å²) in [6, 6.07) is -1.69. The number of carbonyl (C=O) groups excluding carboxylic acids is 3. The largest absolute Gasteiger partial charge is 0.467 e. The predicted molar refractivity (Wildman–Crippen MR) is 105 cm³/mol. The Hall–Kier alpha value is -2.09. The highest BCUT2D eigenvalue weighted by molar-refractivity contribution is 5.90. The molecule has 0 radical (unpaired) electrons. The van der Waals surface area contributed by atoms with Crippen LogP contribution < -0.4 is 5.32 Å². The molecule has 1 aliphatic rings. The van der Waals surface area contributed by atoms with Crippen molar-refractivity contribution in [3.63, 3.8) is 0 Å². The van der Waals surface area contributed by atoms with E-state index in [1.807, 2.05) is 6.08 Å². The molecular formula is C20H34N2O6. The summed E-state index contributed by atoms with van der Waals surface area (Å²) in [5, 5.41) is 12.6. The molecule has 0 spiro atoms. The maximum atomic E-state index is 13.1. The molecule has 1 saturated heterocycles. The van der Waals surface area contributed by atoms with E-state index in [9.17, 15) is 19.5 Å². The molecular weight excluding hydrogens is 364 g/mol. The standard InChI is InChI=1S/C20H34N2O6/c1-6-7-8-9-10-11-15(21-19(26)28-20(2,3)4)17(24)22-13-14(23)12-16(22)18(25)27-5/h6,14-16,23H,1,7-13H2,2-5H3,(H,21,26)/t14-,15-,16-/m0/s1. The van der Waals surface area contributed by atoms with E-state index in [2.05, 4.69) is 11.9 Å². The molecule has 3 atom stereocenters. The SMILES string of the molecule is C=CCCCCC[C@H](NC(=O)OC(C)(C)C)C(=O)N1C[C@@H](O)C[C@H]1C(=O)OC. The molecule has 0 unspecified atom stereocenters. The highest BCUT2D eigenvalue weighted by Gasteiger charge is 2.42. The van der Waals surface area contributed by atoms with Crippen molar-refractivity contribution in [1.29, 1.82) is 0 Å². The molecule has 8 nitrogen and oxygen atoms in total. The number of allylic oxidation sites excluding steroid dienone is 1. The molecule has 0 aromatic rings. The number of alkyl carbamates (subject to hydrolysis) is 1. The zero-order valence-corrected chi connectivity index (χ0v) is 17.4. The van der Waals surface area contributed by atoms with E-state index in [0.29, 0.717) is 6.42 Å². The van der Waals surface area contributed by atoms with E-state index < -0.39 is 41.8 Å². The van der Waals surface area contributed by atoms with Gasteiger partial charge in [-0.25, -0.2) is 9.59 Å². The molecule has 2 amide bonds. The molecule has 1 heterocycles. The molecule has 1 rings (SSSR count). The molecule has 1 aliphatic heterocycles. The zero-order valence-electron chi connectivity index (χ0n) is 17.4. The van der Waals surface area contributed by atoms with E-state index in [4.69, 9.17) is 9.47 Å². The summed E-state index contributed by atoms with van der Waals surface area (Å²) >= 11 is 0. The van der Waals surface area contributed by atoms with Crippen molar-refractivity contribution in [3.05, 3.63) is 12.7 Å². The summed E-state index contributed by atoms with van der Waals surface area (Å²) in [6.45, 7) is 8.93. The third kappa shape index (κ3) is 7.88. The number of ether oxygens (including phenoxy) is 2. The van der Waals surface area contributed by atoms with Crippen LogP contribution in [0.15, 0.2) is 12.7 Å². The Morgan fingerprint density at radius 1 is 1.29 bits per heavy atom. The number of hydrogen-bond donors (Lipinski definition) is 2. The fourth-order valence-corrected chi connectivity index (χ4v) is 3.14. The van der Waals surface area contributed by atoms with Gasteiger partial charge in [0.15, 0.2) is 0 Å². The predicted octanol–water partition coefficient (Wildman–Crippen LogP) is 2.15. The smallest absolute Gasteiger partial charge is 0.408 e. The van der Waals surface area contributed by atoms with Gasteiger partial charge in [0.2, 0.25) is 5.91 Å². The van der Waals surface area contributed by atoms with Gasteiger partial charge in [-0.1, -0.05) is 18.9 Å². The van der Waals surface area contributed by atoms with Gasteiger partial charge in [-0.15, -0.1) is 6.58 Å². The summed E-state index contributed by atoms with van der Waals surface area (Å²) in [6.07, 6.45) is 4.33. The van der Waals surface area contributed by atoms with Crippen molar-refractivity contribution in [2.45, 2.75) is 83.1 Å². The summed E-state index contributed by atoms with van der Waals surface area (Å²) in [5.41, 5.74) is -0.694. The van der Waals surface area contributed by atoms with Gasteiger partial charge in [0, 0.05) is 13.0 Å². The van der Waals surface area contributed by atoms with Crippen LogP contribution in [0.3, 0.4) is 0 Å². The quantitative estimate of drug-likeness (QED) is 0.350. The molecule has 160 valence electrons. The Bertz CT molecular complexity index is 557. The van der Waals surface area contributed by atoms with Gasteiger partial charge in [-0.3, -0.25) is 4.79 Å². The molecule has 0 aromatic heterocycles. The number of hydrogen-bond acceptors (Lipinski definition) is 6. The molecule has 2 N–H and O–H groups in total. The number of aliphatic hydroxyl groups is 1. The van der Waals surface area contributed by atoms with Crippen LogP contribution in [-0.4, -0.2) is 65.4 Å². The van der Waals surface area contributed by atoms with Crippen molar-refractivity contribution >= 4 is 18.0 Å². The van der Waals surface area contributed by atoms with Gasteiger partial charge < -0.3 is 24.8 Å². The summed E-state index contributed by atoms with van der Waals surface area (Å²) in [5.74, 6) is -0.992. The van der Waals surface area contributed by atoms with Crippen LogP contribution in [0, 0.1) is 0 Å². The maximum absolute atomic E-state index is 13.1. The Morgan fingerprint density at radius 2 is 1.96 bits per heavy atom. The number of likely N-dealkylation sites (tertiary alicyclic amines) is 1. The number of carbonyl (C=O) groups is 3. The lowest BCUT2D eigenvalue weighted by atomic mass is 10.1. The van der Waals surface area contributed by atoms with E-state index >= 15 is 0 Å². The Kier molecular flexibility index (Phi) is 9.45. The number of nitrogens with one attached hydrogen (secondary N) is 1. The van der Waals surface area contributed by atoms with Gasteiger partial charge in [0.25, 0.3) is 0 Å². The molecule has 0 saturated carbocycles. The van der Waals surface area contributed by atoms with E-state index in [1.54, 1.807) is 20.8 Å². The number of amides is 2. The fraction of sp³-hybridized carbons (Fsp3) is 0.750. The maximum Gasteiger partial charge on any atom is 0.408 e. The average molecular weight is 399 g/mol. The van der Waals surface area contributed by atoms with Crippen LogP contribution >= 0.6 is 0 Å². The van der Waals surface area contributed by atoms with Crippen LogP contribution in [0.5, 0.6) is 0 Å². The van der Waals surface area contributed by atoms with Gasteiger partial charge in [0.1, 0.15) is 17.7 Å². The van der Waals surface area contributed by atoms with Crippen molar-refractivity contribution in [2.24, 2.45) is 0 Å². The number of aliphatic hydroxyl groups excluding tert-OH is 1. The normalized spacial score (nSPS) is 20.4. The van der Waals surface area contributed by atoms with Crippen LogP contribution in [0.4, 0.5) is 4.79 Å². The van der Waals surface area contributed by atoms with Gasteiger partial charge in [-0.05, 0) is 40.0 Å². The Balaban J connectivity index is 2.85. The van der Waals surface area contributed by atoms with Crippen LogP contribution in [0.25, 0.3) is 0 Å². The van der Waals surface area contributed by atoms with Gasteiger partial charge >= 0.3 is 12.1 Å². The first-order chi connectivity index (χ1) is 13.1. The summed E-state index contributed by atoms with van der Waals surface area (Å²) in [4.78, 5) is 38.5. The third-order valence-corrected chi connectivity index (χ3v) is 4.43. The first-order valence-electron chi connectivity index (χ1n) is 9.75. The lowest BCUT2D eigenvalue weighted by Crippen LogP contribution is -2.52. The number of methoxy groups -OCH3 is 1. The zero-order chi connectivity index (χ0) is 21.3. The van der Waals surface area contributed by atoms with Crippen molar-refractivity contribution in [3.8, 4) is 0 Å². The fourth-order valence-electron chi connectivity index (χ4n) is 3.14. The second-order valence-corrected chi connectivity index (χ2v) is 8.04. The Morgan fingerprint density at radius 3 is 2.54 bits per heavy atom. The molecule has 28 heavy (non-hydrogen) atoms. The van der Waals surface area contributed by atoms with E-state index in [-0.39, 0.29) is 13.0 Å². The first kappa shape index (κ1) is 23.9. The molecule has 0 aromatic carbocycles. The summed E-state index contributed by atoms with van der Waals surface area (Å²) < 4.78 is 10.0. The molecule has 1 fully saturated rings. The minimum absolute atomic E-state index is 0.0293. The minimum Gasteiger partial charge on any atom is -0.467 e. The molecule has 0 aliphatic carbocycles. The number of unbranched alkanes of at least 4 members (excludes halogenated alkanes) is 3. The highest BCUT2D eigenvalue weighted by atomic mass is 16.6. The second-order valence-electron chi connectivity index (χ2n) is 8.04. The van der Waals surface area contributed by atoms with Crippen molar-refractivity contribution in [1.82, 2.24) is 10.2 Å². The number of rotatable bonds is 9. The monoisotopic (exact) mass is 398 g/mol. The van der Waals surface area contributed by atoms with E-state index in [1.165, 1.54) is 12.0 Å². The lowest BCUT2D eigenvalue weighted by Gasteiger charge is -2.28. The summed E-state index contributed by atoms with van der Waals surface area (Å²) in [7, 11) is 1.24. The van der Waals surface area contributed by atoms with Gasteiger partial charge in [0.05, 0.1) is 13.2 Å². The first-order valence-corrected chi connectivity index (χ1v) is 9.75. The second kappa shape index (κ2) is 11.0. The topological polar surface area (TPSA) is 105 Å². The van der Waals surface area contributed by atoms with Crippen LogP contribution in [0.1, 0.15) is 59.3 Å². The van der Waals surface area contributed by atoms with Crippen molar-refractivity contribution in [2.75, 3.05) is 13.7 Å². The van der Waals surface area contributed by atoms with E-state index in [0.717, 1.165) is 25.7 Å². The van der Waals surface area contributed by atoms with Crippen LogP contribution in [-0.2, 0) is 19.1 Å². The lowest BCUT2D eigenvalue weighted by molar-refractivity contribution is -0.151. The molecule has 0 bridgehead atoms. The average Bonchev–Trinajstić information content (AvgIpc) is 2.99. The van der Waals surface area contributed by atoms with Gasteiger partial charge in [-0.2, -0.15) is 0 Å². The number of β-amino-alcohol motifs (C(OH)–C–C–N with tert-alkyl or cyclic N) is 1. The Labute approximate surface area is 167 Å². The van der Waals surface area contributed by atoms with Crippen LogP contribution in [0.2, 0.25) is 0 Å². The molecule has 8 heteroatoms. The highest BCUT2D eigenvalue weighted by Crippen LogP contribution is 2.22.